The summed E-state index contributed by atoms with van der Waals surface area (Å²) in [5, 5.41) is 0.683. The van der Waals surface area contributed by atoms with E-state index in [2.05, 4.69) is 38.1 Å². The Morgan fingerprint density at radius 1 is 1.00 bits per heavy atom. The highest BCUT2D eigenvalue weighted by molar-refractivity contribution is 7.99. The third-order valence-corrected chi connectivity index (χ3v) is 2.13. The molecule has 0 unspecified atom stereocenters. The minimum atomic E-state index is 0.683. The van der Waals surface area contributed by atoms with Crippen LogP contribution in [0.4, 0.5) is 0 Å². The normalized spacial score (nSPS) is 9.08. The molecule has 0 fully saturated rings. The van der Waals surface area contributed by atoms with Gasteiger partial charge in [0.25, 0.3) is 0 Å². The van der Waals surface area contributed by atoms with Gasteiger partial charge in [-0.1, -0.05) is 45.9 Å². The van der Waals surface area contributed by atoms with E-state index in [9.17, 15) is 0 Å². The van der Waals surface area contributed by atoms with Crippen LogP contribution >= 0.6 is 11.8 Å². The summed E-state index contributed by atoms with van der Waals surface area (Å²) in [6, 6.07) is 10.5. The van der Waals surface area contributed by atoms with E-state index < -0.39 is 0 Å². The molecule has 0 bridgehead atoms. The molecule has 0 aliphatic rings. The second-order valence-corrected chi connectivity index (χ2v) is 4.13. The lowest BCUT2D eigenvalue weighted by Gasteiger charge is -2.02. The lowest BCUT2D eigenvalue weighted by molar-refractivity contribution is 1.11. The minimum Gasteiger partial charge on any atom is -0.123 e. The lowest BCUT2D eigenvalue weighted by Crippen LogP contribution is -1.84. The first-order valence-electron chi connectivity index (χ1n) is 4.51. The van der Waals surface area contributed by atoms with Gasteiger partial charge in [0.15, 0.2) is 0 Å². The van der Waals surface area contributed by atoms with Crippen molar-refractivity contribution in [1.82, 2.24) is 0 Å². The van der Waals surface area contributed by atoms with Crippen LogP contribution in [0.2, 0.25) is 0 Å². The van der Waals surface area contributed by atoms with E-state index in [1.807, 2.05) is 31.7 Å². The van der Waals surface area contributed by atoms with Crippen molar-refractivity contribution < 1.29 is 0 Å². The summed E-state index contributed by atoms with van der Waals surface area (Å²) in [7, 11) is 0. The Bertz CT molecular complexity index is 179. The molecular weight excluding hydrogens is 164 g/mol. The van der Waals surface area contributed by atoms with Gasteiger partial charge in [0.2, 0.25) is 0 Å². The average molecular weight is 182 g/mol. The Morgan fingerprint density at radius 2 is 1.50 bits per heavy atom. The molecule has 0 amide bonds. The summed E-state index contributed by atoms with van der Waals surface area (Å²) in [6.45, 7) is 8.41. The number of thioether (sulfide) groups is 1. The molecule has 0 saturated carbocycles. The molecule has 0 saturated heterocycles. The van der Waals surface area contributed by atoms with Gasteiger partial charge in [0.1, 0.15) is 0 Å². The molecule has 68 valence electrons. The van der Waals surface area contributed by atoms with Crippen LogP contribution in [0.25, 0.3) is 0 Å². The molecule has 0 spiro atoms. The van der Waals surface area contributed by atoms with Crippen LogP contribution < -0.4 is 0 Å². The SMILES string of the molecule is CC.CC(C)Sc1ccccc1. The van der Waals surface area contributed by atoms with Crippen molar-refractivity contribution in [2.75, 3.05) is 0 Å². The van der Waals surface area contributed by atoms with Gasteiger partial charge >= 0.3 is 0 Å². The van der Waals surface area contributed by atoms with Crippen LogP contribution in [0.5, 0.6) is 0 Å². The van der Waals surface area contributed by atoms with Gasteiger partial charge in [-0.05, 0) is 12.1 Å². The number of rotatable bonds is 2. The molecule has 0 aliphatic carbocycles. The molecule has 0 aromatic heterocycles. The van der Waals surface area contributed by atoms with Crippen molar-refractivity contribution in [3.8, 4) is 0 Å². The second kappa shape index (κ2) is 7.23. The van der Waals surface area contributed by atoms with Crippen LogP contribution in [-0.4, -0.2) is 5.25 Å². The summed E-state index contributed by atoms with van der Waals surface area (Å²) in [4.78, 5) is 1.36. The molecule has 1 aromatic carbocycles. The predicted molar refractivity (Wildman–Crippen MR) is 58.8 cm³/mol. The molecule has 0 aliphatic heterocycles. The van der Waals surface area contributed by atoms with E-state index in [4.69, 9.17) is 0 Å². The van der Waals surface area contributed by atoms with Crippen molar-refractivity contribution in [2.45, 2.75) is 37.8 Å². The maximum Gasteiger partial charge on any atom is 0.00745 e. The Morgan fingerprint density at radius 3 is 1.92 bits per heavy atom. The van der Waals surface area contributed by atoms with Crippen molar-refractivity contribution >= 4 is 11.8 Å². The fourth-order valence-corrected chi connectivity index (χ4v) is 1.63. The molecule has 0 heterocycles. The molecule has 1 aromatic rings. The maximum absolute atomic E-state index is 2.21. The first-order chi connectivity index (χ1) is 5.79. The van der Waals surface area contributed by atoms with E-state index in [1.54, 1.807) is 0 Å². The van der Waals surface area contributed by atoms with E-state index in [0.717, 1.165) is 0 Å². The van der Waals surface area contributed by atoms with Crippen LogP contribution in [0.3, 0.4) is 0 Å². The smallest absolute Gasteiger partial charge is 0.00745 e. The van der Waals surface area contributed by atoms with E-state index in [-0.39, 0.29) is 0 Å². The first kappa shape index (κ1) is 11.6. The number of benzene rings is 1. The van der Waals surface area contributed by atoms with Gasteiger partial charge in [-0.15, -0.1) is 11.8 Å². The average Bonchev–Trinajstić information content (AvgIpc) is 2.08. The first-order valence-corrected chi connectivity index (χ1v) is 5.38. The summed E-state index contributed by atoms with van der Waals surface area (Å²) in [6.07, 6.45) is 0. The second-order valence-electron chi connectivity index (χ2n) is 2.48. The van der Waals surface area contributed by atoms with Crippen LogP contribution in [-0.2, 0) is 0 Å². The Hall–Kier alpha value is -0.430. The molecule has 0 N–H and O–H groups in total. The Kier molecular flexibility index (Phi) is 6.97. The highest BCUT2D eigenvalue weighted by atomic mass is 32.2. The van der Waals surface area contributed by atoms with Crippen molar-refractivity contribution in [1.29, 1.82) is 0 Å². The molecule has 0 radical (unpaired) electrons. The third-order valence-electron chi connectivity index (χ3n) is 1.11. The zero-order valence-corrected chi connectivity index (χ0v) is 9.19. The van der Waals surface area contributed by atoms with Gasteiger partial charge < -0.3 is 0 Å². The topological polar surface area (TPSA) is 0 Å². The third kappa shape index (κ3) is 5.25. The highest BCUT2D eigenvalue weighted by Crippen LogP contribution is 2.21. The largest absolute Gasteiger partial charge is 0.123 e. The Balaban J connectivity index is 0.000000561. The molecule has 0 atom stereocenters. The quantitative estimate of drug-likeness (QED) is 0.617. The summed E-state index contributed by atoms with van der Waals surface area (Å²) >= 11 is 1.90. The molecule has 1 heteroatoms. The number of hydrogen-bond acceptors (Lipinski definition) is 1. The standard InChI is InChI=1S/C9H12S.C2H6/c1-8(2)10-9-6-4-3-5-7-9;1-2/h3-8H,1-2H3;1-2H3. The molecule has 1 rings (SSSR count). The van der Waals surface area contributed by atoms with Crippen LogP contribution in [0, 0.1) is 0 Å². The van der Waals surface area contributed by atoms with Crippen molar-refractivity contribution in [2.24, 2.45) is 0 Å². The number of hydrogen-bond donors (Lipinski definition) is 0. The van der Waals surface area contributed by atoms with Crippen molar-refractivity contribution in [3.63, 3.8) is 0 Å². The highest BCUT2D eigenvalue weighted by Gasteiger charge is 1.94. The van der Waals surface area contributed by atoms with Crippen molar-refractivity contribution in [3.05, 3.63) is 30.3 Å². The zero-order chi connectivity index (χ0) is 9.40. The van der Waals surface area contributed by atoms with E-state index >= 15 is 0 Å². The van der Waals surface area contributed by atoms with Gasteiger partial charge in [-0.2, -0.15) is 0 Å². The van der Waals surface area contributed by atoms with E-state index in [1.165, 1.54) is 4.90 Å². The molecule has 12 heavy (non-hydrogen) atoms. The van der Waals surface area contributed by atoms with Crippen LogP contribution in [0.15, 0.2) is 35.2 Å². The molecule has 0 nitrogen and oxygen atoms in total. The molecular formula is C11H18S. The Labute approximate surface area is 80.4 Å². The maximum atomic E-state index is 2.21. The fourth-order valence-electron chi connectivity index (χ4n) is 0.771. The van der Waals surface area contributed by atoms with E-state index in [0.29, 0.717) is 5.25 Å². The van der Waals surface area contributed by atoms with Gasteiger partial charge in [0.05, 0.1) is 0 Å². The zero-order valence-electron chi connectivity index (χ0n) is 8.37. The summed E-state index contributed by atoms with van der Waals surface area (Å²) < 4.78 is 0. The van der Waals surface area contributed by atoms with Gasteiger partial charge in [0, 0.05) is 10.1 Å². The van der Waals surface area contributed by atoms with Gasteiger partial charge in [-0.3, -0.25) is 0 Å². The minimum absolute atomic E-state index is 0.683. The van der Waals surface area contributed by atoms with Crippen LogP contribution in [0.1, 0.15) is 27.7 Å². The lowest BCUT2D eigenvalue weighted by atomic mass is 10.4. The summed E-state index contributed by atoms with van der Waals surface area (Å²) in [5.74, 6) is 0. The summed E-state index contributed by atoms with van der Waals surface area (Å²) in [5.41, 5.74) is 0. The predicted octanol–water partition coefficient (Wildman–Crippen LogP) is 4.21. The fraction of sp³-hybridized carbons (Fsp3) is 0.455. The monoisotopic (exact) mass is 182 g/mol. The van der Waals surface area contributed by atoms with Gasteiger partial charge in [-0.25, -0.2) is 0 Å².